The maximum atomic E-state index is 13.0. The van der Waals surface area contributed by atoms with Gasteiger partial charge in [-0.05, 0) is 13.8 Å². The fourth-order valence-corrected chi connectivity index (χ4v) is 2.70. The molecule has 0 N–H and O–H groups in total. The molecule has 0 unspecified atom stereocenters. The highest BCUT2D eigenvalue weighted by Crippen LogP contribution is 2.24. The van der Waals surface area contributed by atoms with Crippen LogP contribution in [0.5, 0.6) is 0 Å². The van der Waals surface area contributed by atoms with Gasteiger partial charge in [0, 0.05) is 11.1 Å². The molecule has 1 aliphatic rings. The molecule has 5 nitrogen and oxygen atoms in total. The summed E-state index contributed by atoms with van der Waals surface area (Å²) < 4.78 is 16.2. The molecule has 0 amide bonds. The summed E-state index contributed by atoms with van der Waals surface area (Å²) in [6.07, 6.45) is -1.82. The van der Waals surface area contributed by atoms with Gasteiger partial charge in [-0.25, -0.2) is 4.79 Å². The molecule has 2 aromatic rings. The van der Waals surface area contributed by atoms with E-state index in [9.17, 15) is 9.59 Å². The molecule has 3 rings (SSSR count). The van der Waals surface area contributed by atoms with E-state index in [0.29, 0.717) is 24.3 Å². The fourth-order valence-electron chi connectivity index (χ4n) is 2.70. The first-order valence-electron chi connectivity index (χ1n) is 8.62. The zero-order chi connectivity index (χ0) is 18.5. The molecule has 5 heteroatoms. The van der Waals surface area contributed by atoms with Crippen molar-refractivity contribution in [2.45, 2.75) is 26.1 Å². The molecule has 0 spiro atoms. The Morgan fingerprint density at radius 3 is 2.15 bits per heavy atom. The maximum Gasteiger partial charge on any atom is 0.338 e. The lowest BCUT2D eigenvalue weighted by Gasteiger charge is -2.24. The minimum Gasteiger partial charge on any atom is -0.447 e. The van der Waals surface area contributed by atoms with Gasteiger partial charge in [-0.3, -0.25) is 4.79 Å². The van der Waals surface area contributed by atoms with Crippen LogP contribution >= 0.6 is 0 Å². The second-order valence-corrected chi connectivity index (χ2v) is 6.39. The highest BCUT2D eigenvalue weighted by molar-refractivity contribution is 6.01. The van der Waals surface area contributed by atoms with Crippen LogP contribution in [0.4, 0.5) is 0 Å². The van der Waals surface area contributed by atoms with E-state index in [4.69, 9.17) is 14.2 Å². The number of ketones is 1. The van der Waals surface area contributed by atoms with E-state index in [-0.39, 0.29) is 12.4 Å². The molecule has 0 saturated carbocycles. The van der Waals surface area contributed by atoms with Gasteiger partial charge in [0.2, 0.25) is 5.78 Å². The topological polar surface area (TPSA) is 61.8 Å². The van der Waals surface area contributed by atoms with Gasteiger partial charge in [-0.2, -0.15) is 0 Å². The van der Waals surface area contributed by atoms with E-state index in [2.05, 4.69) is 0 Å². The highest BCUT2D eigenvalue weighted by Gasteiger charge is 2.31. The average molecular weight is 354 g/mol. The van der Waals surface area contributed by atoms with Gasteiger partial charge in [-0.1, -0.05) is 59.7 Å². The number of aryl methyl sites for hydroxylation is 2. The van der Waals surface area contributed by atoms with E-state index in [0.717, 1.165) is 11.1 Å². The third kappa shape index (κ3) is 4.36. The standard InChI is InChI=1S/C21H22O5/c1-14-3-7-16(8-4-14)19(22)20(17-9-5-15(2)6-10-17)26-21(23)18-13-24-11-12-25-18/h3-10,18,20H,11-13H2,1-2H3/t18-,20-/m0/s1. The van der Waals surface area contributed by atoms with Crippen molar-refractivity contribution in [2.75, 3.05) is 19.8 Å². The first-order valence-corrected chi connectivity index (χ1v) is 8.62. The van der Waals surface area contributed by atoms with Crippen molar-refractivity contribution in [1.29, 1.82) is 0 Å². The van der Waals surface area contributed by atoms with E-state index >= 15 is 0 Å². The van der Waals surface area contributed by atoms with Crippen LogP contribution in [-0.4, -0.2) is 37.7 Å². The lowest BCUT2D eigenvalue weighted by atomic mass is 9.98. The Labute approximate surface area is 152 Å². The molecule has 0 bridgehead atoms. The van der Waals surface area contributed by atoms with Crippen LogP contribution in [0.1, 0.15) is 33.2 Å². The van der Waals surface area contributed by atoms with Crippen LogP contribution in [0.25, 0.3) is 0 Å². The Kier molecular flexibility index (Phi) is 5.81. The Morgan fingerprint density at radius 1 is 0.962 bits per heavy atom. The van der Waals surface area contributed by atoms with Crippen molar-refractivity contribution >= 4 is 11.8 Å². The molecule has 1 aliphatic heterocycles. The van der Waals surface area contributed by atoms with E-state index in [1.807, 2.05) is 38.1 Å². The summed E-state index contributed by atoms with van der Waals surface area (Å²) >= 11 is 0. The van der Waals surface area contributed by atoms with Gasteiger partial charge >= 0.3 is 5.97 Å². The summed E-state index contributed by atoms with van der Waals surface area (Å²) in [6.45, 7) is 4.83. The Morgan fingerprint density at radius 2 is 1.58 bits per heavy atom. The Bertz CT molecular complexity index is 758. The molecule has 1 saturated heterocycles. The first-order chi connectivity index (χ1) is 12.5. The van der Waals surface area contributed by atoms with E-state index < -0.39 is 18.2 Å². The molecule has 0 aliphatic carbocycles. The van der Waals surface area contributed by atoms with Gasteiger partial charge in [0.25, 0.3) is 0 Å². The minimum atomic E-state index is -1.02. The molecule has 1 heterocycles. The van der Waals surface area contributed by atoms with E-state index in [1.165, 1.54) is 0 Å². The monoisotopic (exact) mass is 354 g/mol. The van der Waals surface area contributed by atoms with Crippen molar-refractivity contribution < 1.29 is 23.8 Å². The molecule has 2 aromatic carbocycles. The number of rotatable bonds is 5. The molecule has 26 heavy (non-hydrogen) atoms. The van der Waals surface area contributed by atoms with Gasteiger partial charge in [0.15, 0.2) is 12.2 Å². The molecule has 2 atom stereocenters. The zero-order valence-corrected chi connectivity index (χ0v) is 14.9. The SMILES string of the molecule is Cc1ccc(C(=O)[C@@H](OC(=O)[C@@H]2COCCO2)c2ccc(C)cc2)cc1. The van der Waals surface area contributed by atoms with Crippen molar-refractivity contribution in [3.63, 3.8) is 0 Å². The molecular weight excluding hydrogens is 332 g/mol. The van der Waals surface area contributed by atoms with Crippen molar-refractivity contribution in [3.05, 3.63) is 70.8 Å². The Balaban J connectivity index is 1.85. The molecule has 0 radical (unpaired) electrons. The predicted molar refractivity (Wildman–Crippen MR) is 96.1 cm³/mol. The van der Waals surface area contributed by atoms with Gasteiger partial charge in [0.1, 0.15) is 0 Å². The number of carbonyl (C=O) groups is 2. The number of hydrogen-bond donors (Lipinski definition) is 0. The van der Waals surface area contributed by atoms with Crippen LogP contribution in [0.3, 0.4) is 0 Å². The lowest BCUT2D eigenvalue weighted by Crippen LogP contribution is -2.38. The van der Waals surface area contributed by atoms with Crippen LogP contribution < -0.4 is 0 Å². The molecule has 1 fully saturated rings. The second kappa shape index (κ2) is 8.25. The second-order valence-electron chi connectivity index (χ2n) is 6.39. The number of carbonyl (C=O) groups excluding carboxylic acids is 2. The number of esters is 1. The van der Waals surface area contributed by atoms with Gasteiger partial charge in [-0.15, -0.1) is 0 Å². The zero-order valence-electron chi connectivity index (χ0n) is 14.9. The number of Topliss-reactive ketones (excluding diaryl/α,β-unsaturated/α-hetero) is 1. The maximum absolute atomic E-state index is 13.0. The number of hydrogen-bond acceptors (Lipinski definition) is 5. The molecular formula is C21H22O5. The minimum absolute atomic E-state index is 0.137. The highest BCUT2D eigenvalue weighted by atomic mass is 16.6. The van der Waals surface area contributed by atoms with Crippen LogP contribution in [0.2, 0.25) is 0 Å². The summed E-state index contributed by atoms with van der Waals surface area (Å²) in [6, 6.07) is 14.6. The van der Waals surface area contributed by atoms with Crippen LogP contribution in [0, 0.1) is 13.8 Å². The van der Waals surface area contributed by atoms with Crippen molar-refractivity contribution in [2.24, 2.45) is 0 Å². The number of ether oxygens (including phenoxy) is 3. The quantitative estimate of drug-likeness (QED) is 0.610. The summed E-state index contributed by atoms with van der Waals surface area (Å²) in [7, 11) is 0. The smallest absolute Gasteiger partial charge is 0.338 e. The third-order valence-electron chi connectivity index (χ3n) is 4.27. The fraction of sp³-hybridized carbons (Fsp3) is 0.333. The largest absolute Gasteiger partial charge is 0.447 e. The summed E-state index contributed by atoms with van der Waals surface area (Å²) in [4.78, 5) is 25.5. The number of benzene rings is 2. The third-order valence-corrected chi connectivity index (χ3v) is 4.27. The van der Waals surface area contributed by atoms with E-state index in [1.54, 1.807) is 24.3 Å². The molecule has 0 aromatic heterocycles. The average Bonchev–Trinajstić information content (AvgIpc) is 2.67. The molecule has 136 valence electrons. The normalized spacial score (nSPS) is 18.2. The summed E-state index contributed by atoms with van der Waals surface area (Å²) in [5, 5.41) is 0. The lowest BCUT2D eigenvalue weighted by molar-refractivity contribution is -0.174. The van der Waals surface area contributed by atoms with Crippen molar-refractivity contribution in [3.8, 4) is 0 Å². The Hall–Kier alpha value is -2.50. The van der Waals surface area contributed by atoms with Gasteiger partial charge in [0.05, 0.1) is 19.8 Å². The van der Waals surface area contributed by atoms with Crippen molar-refractivity contribution in [1.82, 2.24) is 0 Å². The van der Waals surface area contributed by atoms with Crippen LogP contribution in [0.15, 0.2) is 48.5 Å². The first kappa shape index (κ1) is 18.3. The van der Waals surface area contributed by atoms with Crippen LogP contribution in [-0.2, 0) is 19.0 Å². The summed E-state index contributed by atoms with van der Waals surface area (Å²) in [5.74, 6) is -0.852. The summed E-state index contributed by atoms with van der Waals surface area (Å²) in [5.41, 5.74) is 3.24. The predicted octanol–water partition coefficient (Wildman–Crippen LogP) is 3.19. The van der Waals surface area contributed by atoms with Gasteiger partial charge < -0.3 is 14.2 Å².